The van der Waals surface area contributed by atoms with E-state index in [0.29, 0.717) is 6.04 Å². The lowest BCUT2D eigenvalue weighted by Crippen LogP contribution is -2.32. The smallest absolute Gasteiger partial charge is 0.119 e. The minimum absolute atomic E-state index is 0.715. The second kappa shape index (κ2) is 8.31. The van der Waals surface area contributed by atoms with Gasteiger partial charge in [0.15, 0.2) is 0 Å². The van der Waals surface area contributed by atoms with Crippen molar-refractivity contribution in [3.05, 3.63) is 29.8 Å². The van der Waals surface area contributed by atoms with Crippen molar-refractivity contribution in [1.29, 1.82) is 0 Å². The van der Waals surface area contributed by atoms with Crippen molar-refractivity contribution >= 4 is 0 Å². The number of benzene rings is 1. The third-order valence-corrected chi connectivity index (χ3v) is 4.30. The molecule has 0 bridgehead atoms. The third-order valence-electron chi connectivity index (χ3n) is 4.30. The molecule has 20 heavy (non-hydrogen) atoms. The van der Waals surface area contributed by atoms with Crippen LogP contribution in [0.4, 0.5) is 0 Å². The molecule has 1 aliphatic rings. The van der Waals surface area contributed by atoms with Crippen LogP contribution < -0.4 is 10.1 Å². The largest absolute Gasteiger partial charge is 0.494 e. The average Bonchev–Trinajstić information content (AvgIpc) is 2.48. The number of unbranched alkanes of at least 4 members (excludes halogenated alkanes) is 1. The molecule has 1 aliphatic carbocycles. The average molecular weight is 275 g/mol. The van der Waals surface area contributed by atoms with Crippen LogP contribution in [0.15, 0.2) is 24.3 Å². The molecule has 1 saturated carbocycles. The molecule has 0 saturated heterocycles. The van der Waals surface area contributed by atoms with E-state index in [1.165, 1.54) is 37.7 Å². The zero-order valence-electron chi connectivity index (χ0n) is 13.0. The Hall–Kier alpha value is -1.02. The Kier molecular flexibility index (Phi) is 6.38. The lowest BCUT2D eigenvalue weighted by atomic mass is 9.87. The second-order valence-electron chi connectivity index (χ2n) is 6.18. The highest BCUT2D eigenvalue weighted by Gasteiger charge is 2.17. The van der Waals surface area contributed by atoms with Gasteiger partial charge in [-0.05, 0) is 55.7 Å². The van der Waals surface area contributed by atoms with Gasteiger partial charge in [0.1, 0.15) is 5.75 Å². The van der Waals surface area contributed by atoms with Gasteiger partial charge in [0, 0.05) is 12.6 Å². The Morgan fingerprint density at radius 1 is 1.10 bits per heavy atom. The van der Waals surface area contributed by atoms with Crippen molar-refractivity contribution in [1.82, 2.24) is 5.32 Å². The maximum absolute atomic E-state index is 5.69. The Labute approximate surface area is 123 Å². The van der Waals surface area contributed by atoms with E-state index in [9.17, 15) is 0 Å². The number of nitrogens with one attached hydrogen (secondary N) is 1. The number of rotatable bonds is 7. The van der Waals surface area contributed by atoms with Crippen LogP contribution >= 0.6 is 0 Å². The van der Waals surface area contributed by atoms with Gasteiger partial charge in [-0.3, -0.25) is 0 Å². The molecule has 2 rings (SSSR count). The molecule has 1 fully saturated rings. The van der Waals surface area contributed by atoms with Crippen molar-refractivity contribution < 1.29 is 4.74 Å². The molecular weight excluding hydrogens is 246 g/mol. The fourth-order valence-electron chi connectivity index (χ4n) is 2.76. The lowest BCUT2D eigenvalue weighted by molar-refractivity contribution is 0.305. The summed E-state index contributed by atoms with van der Waals surface area (Å²) in [6.45, 7) is 6.36. The standard InChI is InChI=1S/C18H29NO/c1-3-4-13-20-18-11-7-16(8-12-18)14-19-17-9-5-15(2)6-10-17/h7-8,11-12,15,17,19H,3-6,9-10,13-14H2,1-2H3. The zero-order valence-corrected chi connectivity index (χ0v) is 13.0. The van der Waals surface area contributed by atoms with Crippen LogP contribution in [0.2, 0.25) is 0 Å². The van der Waals surface area contributed by atoms with E-state index in [4.69, 9.17) is 4.74 Å². The minimum atomic E-state index is 0.715. The van der Waals surface area contributed by atoms with Crippen LogP contribution in [-0.2, 0) is 6.54 Å². The summed E-state index contributed by atoms with van der Waals surface area (Å²) in [5, 5.41) is 3.69. The van der Waals surface area contributed by atoms with Crippen LogP contribution in [-0.4, -0.2) is 12.6 Å². The Balaban J connectivity index is 1.70. The minimum Gasteiger partial charge on any atom is -0.494 e. The summed E-state index contributed by atoms with van der Waals surface area (Å²) in [6.07, 6.45) is 7.73. The van der Waals surface area contributed by atoms with E-state index in [-0.39, 0.29) is 0 Å². The summed E-state index contributed by atoms with van der Waals surface area (Å²) >= 11 is 0. The molecule has 112 valence electrons. The van der Waals surface area contributed by atoms with Gasteiger partial charge in [-0.1, -0.05) is 32.4 Å². The van der Waals surface area contributed by atoms with E-state index in [1.54, 1.807) is 0 Å². The summed E-state index contributed by atoms with van der Waals surface area (Å²) in [6, 6.07) is 9.26. The molecule has 1 aromatic carbocycles. The highest BCUT2D eigenvalue weighted by Crippen LogP contribution is 2.23. The maximum Gasteiger partial charge on any atom is 0.119 e. The van der Waals surface area contributed by atoms with Gasteiger partial charge in [-0.15, -0.1) is 0 Å². The van der Waals surface area contributed by atoms with E-state index in [1.807, 2.05) is 0 Å². The van der Waals surface area contributed by atoms with Crippen molar-refractivity contribution in [2.75, 3.05) is 6.61 Å². The van der Waals surface area contributed by atoms with Crippen molar-refractivity contribution in [3.8, 4) is 5.75 Å². The number of hydrogen-bond acceptors (Lipinski definition) is 2. The SMILES string of the molecule is CCCCOc1ccc(CNC2CCC(C)CC2)cc1. The van der Waals surface area contributed by atoms with Crippen LogP contribution in [0.1, 0.15) is 57.9 Å². The second-order valence-corrected chi connectivity index (χ2v) is 6.18. The summed E-state index contributed by atoms with van der Waals surface area (Å²) in [4.78, 5) is 0. The highest BCUT2D eigenvalue weighted by molar-refractivity contribution is 5.27. The molecular formula is C18H29NO. The predicted molar refractivity (Wildman–Crippen MR) is 85.1 cm³/mol. The van der Waals surface area contributed by atoms with Crippen molar-refractivity contribution in [2.24, 2.45) is 5.92 Å². The van der Waals surface area contributed by atoms with Gasteiger partial charge in [-0.25, -0.2) is 0 Å². The molecule has 0 aliphatic heterocycles. The monoisotopic (exact) mass is 275 g/mol. The van der Waals surface area contributed by atoms with Crippen LogP contribution in [0, 0.1) is 5.92 Å². The first-order chi connectivity index (χ1) is 9.78. The molecule has 1 N–H and O–H groups in total. The topological polar surface area (TPSA) is 21.3 Å². The van der Waals surface area contributed by atoms with Crippen LogP contribution in [0.25, 0.3) is 0 Å². The van der Waals surface area contributed by atoms with Crippen molar-refractivity contribution in [2.45, 2.75) is 65.0 Å². The van der Waals surface area contributed by atoms with Gasteiger partial charge in [0.25, 0.3) is 0 Å². The molecule has 0 unspecified atom stereocenters. The molecule has 2 heteroatoms. The predicted octanol–water partition coefficient (Wildman–Crippen LogP) is 4.53. The van der Waals surface area contributed by atoms with Crippen LogP contribution in [0.3, 0.4) is 0 Å². The van der Waals surface area contributed by atoms with E-state index >= 15 is 0 Å². The molecule has 0 aromatic heterocycles. The maximum atomic E-state index is 5.69. The molecule has 0 amide bonds. The number of ether oxygens (including phenoxy) is 1. The Bertz CT molecular complexity index is 366. The molecule has 0 radical (unpaired) electrons. The third kappa shape index (κ3) is 5.16. The van der Waals surface area contributed by atoms with E-state index in [0.717, 1.165) is 31.2 Å². The highest BCUT2D eigenvalue weighted by atomic mass is 16.5. The number of hydrogen-bond donors (Lipinski definition) is 1. The Morgan fingerprint density at radius 2 is 1.80 bits per heavy atom. The lowest BCUT2D eigenvalue weighted by Gasteiger charge is -2.27. The zero-order chi connectivity index (χ0) is 14.2. The summed E-state index contributed by atoms with van der Waals surface area (Å²) in [5.41, 5.74) is 1.35. The fraction of sp³-hybridized carbons (Fsp3) is 0.667. The van der Waals surface area contributed by atoms with E-state index < -0.39 is 0 Å². The molecule has 0 atom stereocenters. The summed E-state index contributed by atoms with van der Waals surface area (Å²) in [5.74, 6) is 1.92. The van der Waals surface area contributed by atoms with Gasteiger partial charge in [0.2, 0.25) is 0 Å². The van der Waals surface area contributed by atoms with Crippen LogP contribution in [0.5, 0.6) is 5.75 Å². The Morgan fingerprint density at radius 3 is 2.45 bits per heavy atom. The first-order valence-electron chi connectivity index (χ1n) is 8.23. The van der Waals surface area contributed by atoms with E-state index in [2.05, 4.69) is 43.4 Å². The summed E-state index contributed by atoms with van der Waals surface area (Å²) in [7, 11) is 0. The molecule has 0 spiro atoms. The van der Waals surface area contributed by atoms with Gasteiger partial charge < -0.3 is 10.1 Å². The normalized spacial score (nSPS) is 22.7. The van der Waals surface area contributed by atoms with Gasteiger partial charge >= 0.3 is 0 Å². The first kappa shape index (κ1) is 15.4. The molecule has 1 aromatic rings. The van der Waals surface area contributed by atoms with Crippen molar-refractivity contribution in [3.63, 3.8) is 0 Å². The summed E-state index contributed by atoms with van der Waals surface area (Å²) < 4.78 is 5.69. The molecule has 2 nitrogen and oxygen atoms in total. The first-order valence-corrected chi connectivity index (χ1v) is 8.23. The quantitative estimate of drug-likeness (QED) is 0.738. The van der Waals surface area contributed by atoms with Gasteiger partial charge in [0.05, 0.1) is 6.61 Å². The van der Waals surface area contributed by atoms with Gasteiger partial charge in [-0.2, -0.15) is 0 Å². The fourth-order valence-corrected chi connectivity index (χ4v) is 2.76. The molecule has 0 heterocycles.